The summed E-state index contributed by atoms with van der Waals surface area (Å²) in [6, 6.07) is 16.8. The summed E-state index contributed by atoms with van der Waals surface area (Å²) in [5.74, 6) is 0.796. The molecule has 2 heterocycles. The standard InChI is InChI=1S/C18H11NO2/c1-2-4-14-12(3-1)9-19-18-15(14)6-5-11-7-13-10-20-21-17(13)8-16(11)18/h1-9H,10H2. The van der Waals surface area contributed by atoms with E-state index in [4.69, 9.17) is 9.78 Å². The molecule has 0 bridgehead atoms. The van der Waals surface area contributed by atoms with Crippen LogP contribution in [-0.2, 0) is 11.5 Å². The third-order valence-corrected chi connectivity index (χ3v) is 4.12. The van der Waals surface area contributed by atoms with E-state index in [1.807, 2.05) is 18.3 Å². The van der Waals surface area contributed by atoms with Crippen LogP contribution in [0.25, 0.3) is 32.4 Å². The second-order valence-corrected chi connectivity index (χ2v) is 5.33. The zero-order valence-electron chi connectivity index (χ0n) is 11.2. The summed E-state index contributed by atoms with van der Waals surface area (Å²) in [5, 5.41) is 5.81. The first-order valence-electron chi connectivity index (χ1n) is 6.93. The van der Waals surface area contributed by atoms with E-state index in [1.54, 1.807) is 0 Å². The van der Waals surface area contributed by atoms with E-state index >= 15 is 0 Å². The van der Waals surface area contributed by atoms with Crippen LogP contribution in [0, 0.1) is 0 Å². The van der Waals surface area contributed by atoms with E-state index in [-0.39, 0.29) is 0 Å². The molecule has 0 radical (unpaired) electrons. The Balaban J connectivity index is 1.98. The topological polar surface area (TPSA) is 31.4 Å². The van der Waals surface area contributed by atoms with Gasteiger partial charge in [0.15, 0.2) is 5.75 Å². The summed E-state index contributed by atoms with van der Waals surface area (Å²) in [7, 11) is 0. The molecule has 1 aromatic heterocycles. The molecule has 1 aliphatic heterocycles. The van der Waals surface area contributed by atoms with Crippen molar-refractivity contribution >= 4 is 32.4 Å². The number of fused-ring (bicyclic) bond motifs is 6. The largest absolute Gasteiger partial charge is 0.337 e. The molecule has 0 amide bonds. The molecule has 5 rings (SSSR count). The molecule has 0 saturated carbocycles. The van der Waals surface area contributed by atoms with Gasteiger partial charge in [-0.15, -0.1) is 0 Å². The molecule has 0 aliphatic carbocycles. The minimum atomic E-state index is 0.508. The Labute approximate surface area is 120 Å². The minimum Gasteiger partial charge on any atom is -0.337 e. The smallest absolute Gasteiger partial charge is 0.171 e. The summed E-state index contributed by atoms with van der Waals surface area (Å²) in [4.78, 5) is 14.9. The lowest BCUT2D eigenvalue weighted by atomic mass is 10.00. The fourth-order valence-corrected chi connectivity index (χ4v) is 3.08. The van der Waals surface area contributed by atoms with Crippen molar-refractivity contribution in [2.45, 2.75) is 6.61 Å². The molecule has 3 heteroatoms. The monoisotopic (exact) mass is 273 g/mol. The maximum absolute atomic E-state index is 5.22. The third-order valence-electron chi connectivity index (χ3n) is 4.12. The summed E-state index contributed by atoms with van der Waals surface area (Å²) < 4.78 is 0. The van der Waals surface area contributed by atoms with Crippen molar-refractivity contribution in [2.24, 2.45) is 0 Å². The molecule has 0 fully saturated rings. The quantitative estimate of drug-likeness (QED) is 0.352. The van der Waals surface area contributed by atoms with Gasteiger partial charge >= 0.3 is 0 Å². The van der Waals surface area contributed by atoms with Crippen LogP contribution in [0.2, 0.25) is 0 Å². The Kier molecular flexibility index (Phi) is 2.07. The fourth-order valence-electron chi connectivity index (χ4n) is 3.08. The van der Waals surface area contributed by atoms with Gasteiger partial charge in [0.25, 0.3) is 0 Å². The lowest BCUT2D eigenvalue weighted by Crippen LogP contribution is -1.86. The SMILES string of the molecule is c1ccc2c(c1)cnc1c3cc4c(cc3ccc21)COO4. The number of rotatable bonds is 0. The van der Waals surface area contributed by atoms with Crippen LogP contribution in [-0.4, -0.2) is 4.98 Å². The average molecular weight is 273 g/mol. The Bertz CT molecular complexity index is 1020. The molecule has 3 nitrogen and oxygen atoms in total. The summed E-state index contributed by atoms with van der Waals surface area (Å²) in [5.41, 5.74) is 2.09. The lowest BCUT2D eigenvalue weighted by molar-refractivity contribution is -0.194. The highest BCUT2D eigenvalue weighted by molar-refractivity contribution is 6.15. The van der Waals surface area contributed by atoms with Crippen LogP contribution in [0.5, 0.6) is 5.75 Å². The number of nitrogens with zero attached hydrogens (tertiary/aromatic N) is 1. The van der Waals surface area contributed by atoms with Crippen molar-refractivity contribution in [3.63, 3.8) is 0 Å². The molecule has 0 unspecified atom stereocenters. The lowest BCUT2D eigenvalue weighted by Gasteiger charge is -2.07. The Morgan fingerprint density at radius 2 is 1.81 bits per heavy atom. The van der Waals surface area contributed by atoms with Crippen LogP contribution in [0.3, 0.4) is 0 Å². The van der Waals surface area contributed by atoms with Gasteiger partial charge in [-0.25, -0.2) is 0 Å². The van der Waals surface area contributed by atoms with Crippen LogP contribution in [0.4, 0.5) is 0 Å². The molecule has 0 atom stereocenters. The first-order chi connectivity index (χ1) is 10.4. The predicted molar refractivity (Wildman–Crippen MR) is 82.2 cm³/mol. The van der Waals surface area contributed by atoms with Crippen molar-refractivity contribution < 1.29 is 9.78 Å². The number of aromatic nitrogens is 1. The van der Waals surface area contributed by atoms with E-state index in [0.29, 0.717) is 6.61 Å². The number of benzene rings is 3. The summed E-state index contributed by atoms with van der Waals surface area (Å²) >= 11 is 0. The molecule has 100 valence electrons. The van der Waals surface area contributed by atoms with Gasteiger partial charge in [-0.1, -0.05) is 36.4 Å². The van der Waals surface area contributed by atoms with Gasteiger partial charge in [0, 0.05) is 27.9 Å². The molecule has 21 heavy (non-hydrogen) atoms. The fraction of sp³-hybridized carbons (Fsp3) is 0.0556. The molecule has 0 N–H and O–H groups in total. The van der Waals surface area contributed by atoms with Gasteiger partial charge in [0.1, 0.15) is 6.61 Å². The zero-order chi connectivity index (χ0) is 13.8. The summed E-state index contributed by atoms with van der Waals surface area (Å²) in [6.07, 6.45) is 1.93. The molecule has 1 aliphatic rings. The highest BCUT2D eigenvalue weighted by Crippen LogP contribution is 2.35. The molecular weight excluding hydrogens is 262 g/mol. The van der Waals surface area contributed by atoms with E-state index < -0.39 is 0 Å². The van der Waals surface area contributed by atoms with E-state index in [1.165, 1.54) is 10.8 Å². The summed E-state index contributed by atoms with van der Waals surface area (Å²) in [6.45, 7) is 0.508. The first kappa shape index (κ1) is 11.1. The van der Waals surface area contributed by atoms with Gasteiger partial charge in [0.2, 0.25) is 0 Å². The number of hydrogen-bond donors (Lipinski definition) is 0. The molecular formula is C18H11NO2. The van der Waals surface area contributed by atoms with Gasteiger partial charge in [-0.3, -0.25) is 4.98 Å². The van der Waals surface area contributed by atoms with Gasteiger partial charge in [-0.2, -0.15) is 4.89 Å². The number of hydrogen-bond acceptors (Lipinski definition) is 3. The van der Waals surface area contributed by atoms with E-state index in [9.17, 15) is 0 Å². The first-order valence-corrected chi connectivity index (χ1v) is 6.93. The Hall–Kier alpha value is -2.65. The highest BCUT2D eigenvalue weighted by Gasteiger charge is 2.16. The van der Waals surface area contributed by atoms with E-state index in [2.05, 4.69) is 41.4 Å². The maximum Gasteiger partial charge on any atom is 0.171 e. The Morgan fingerprint density at radius 1 is 0.857 bits per heavy atom. The van der Waals surface area contributed by atoms with Crippen LogP contribution >= 0.6 is 0 Å². The minimum absolute atomic E-state index is 0.508. The Morgan fingerprint density at radius 3 is 2.81 bits per heavy atom. The second-order valence-electron chi connectivity index (χ2n) is 5.33. The van der Waals surface area contributed by atoms with Crippen molar-refractivity contribution in [3.05, 3.63) is 60.3 Å². The molecule has 3 aromatic carbocycles. The molecule has 4 aromatic rings. The third kappa shape index (κ3) is 1.49. The number of pyridine rings is 1. The normalized spacial score (nSPS) is 13.7. The van der Waals surface area contributed by atoms with Crippen molar-refractivity contribution in [1.29, 1.82) is 0 Å². The maximum atomic E-state index is 5.22. The average Bonchev–Trinajstić information content (AvgIpc) is 2.99. The highest BCUT2D eigenvalue weighted by atomic mass is 17.2. The molecule has 0 spiro atoms. The van der Waals surface area contributed by atoms with Crippen molar-refractivity contribution in [3.8, 4) is 5.75 Å². The van der Waals surface area contributed by atoms with Gasteiger partial charge in [0.05, 0.1) is 5.52 Å². The van der Waals surface area contributed by atoms with Crippen LogP contribution in [0.15, 0.2) is 54.7 Å². The van der Waals surface area contributed by atoms with Crippen LogP contribution in [0.1, 0.15) is 5.56 Å². The van der Waals surface area contributed by atoms with Gasteiger partial charge < -0.3 is 4.89 Å². The predicted octanol–water partition coefficient (Wildman–Crippen LogP) is 4.37. The van der Waals surface area contributed by atoms with Crippen molar-refractivity contribution in [1.82, 2.24) is 4.98 Å². The van der Waals surface area contributed by atoms with E-state index in [0.717, 1.165) is 33.0 Å². The zero-order valence-corrected chi connectivity index (χ0v) is 11.2. The second kappa shape index (κ2) is 3.93. The van der Waals surface area contributed by atoms with Crippen LogP contribution < -0.4 is 4.89 Å². The molecule has 0 saturated heterocycles. The van der Waals surface area contributed by atoms with Gasteiger partial charge in [-0.05, 0) is 22.9 Å². The van der Waals surface area contributed by atoms with Crippen molar-refractivity contribution in [2.75, 3.05) is 0 Å².